The Labute approximate surface area is 104 Å². The highest BCUT2D eigenvalue weighted by atomic mass is 35.7. The first-order valence-electron chi connectivity index (χ1n) is 4.77. The van der Waals surface area contributed by atoms with E-state index in [1.807, 2.05) is 60.7 Å². The second-order valence-electron chi connectivity index (χ2n) is 3.17. The zero-order chi connectivity index (χ0) is 11.4. The summed E-state index contributed by atoms with van der Waals surface area (Å²) in [5.74, 6) is 0. The lowest BCUT2D eigenvalue weighted by atomic mass is 10.4. The van der Waals surface area contributed by atoms with Gasteiger partial charge in [-0.15, -0.1) is 0 Å². The molecule has 2 aromatic carbocycles. The predicted octanol–water partition coefficient (Wildman–Crippen LogP) is 2.94. The van der Waals surface area contributed by atoms with E-state index in [9.17, 15) is 4.55 Å². The van der Waals surface area contributed by atoms with Crippen molar-refractivity contribution >= 4 is 38.4 Å². The quantitative estimate of drug-likeness (QED) is 0.620. The van der Waals surface area contributed by atoms with Gasteiger partial charge < -0.3 is 4.55 Å². The van der Waals surface area contributed by atoms with Crippen molar-refractivity contribution in [2.45, 2.75) is 0 Å². The number of benzene rings is 2. The van der Waals surface area contributed by atoms with Crippen molar-refractivity contribution in [2.75, 3.05) is 0 Å². The monoisotopic (exact) mass is 268 g/mol. The third-order valence-corrected chi connectivity index (χ3v) is 7.31. The van der Waals surface area contributed by atoms with E-state index in [0.29, 0.717) is 0 Å². The van der Waals surface area contributed by atoms with E-state index in [2.05, 4.69) is 0 Å². The van der Waals surface area contributed by atoms with Gasteiger partial charge in [-0.25, -0.2) is 0 Å². The number of rotatable bonds is 3. The van der Waals surface area contributed by atoms with Crippen LogP contribution >= 0.6 is 17.8 Å². The average molecular weight is 269 g/mol. The van der Waals surface area contributed by atoms with E-state index in [4.69, 9.17) is 10.7 Å². The maximum absolute atomic E-state index is 11.7. The largest absolute Gasteiger partial charge is 0.597 e. The van der Waals surface area contributed by atoms with Crippen molar-refractivity contribution in [3.05, 3.63) is 60.7 Å². The predicted molar refractivity (Wildman–Crippen MR) is 73.1 cm³/mol. The van der Waals surface area contributed by atoms with Crippen molar-refractivity contribution < 1.29 is 4.55 Å². The van der Waals surface area contributed by atoms with Crippen LogP contribution in [-0.4, -0.2) is 4.55 Å². The van der Waals surface area contributed by atoms with Crippen molar-refractivity contribution in [3.8, 4) is 0 Å². The topological polar surface area (TPSA) is 23.1 Å². The van der Waals surface area contributed by atoms with Gasteiger partial charge in [0.05, 0.1) is 10.0 Å². The molecule has 0 bridgehead atoms. The first-order chi connectivity index (χ1) is 7.79. The van der Waals surface area contributed by atoms with Crippen LogP contribution in [0.15, 0.2) is 60.7 Å². The summed E-state index contributed by atoms with van der Waals surface area (Å²) in [5, 5.41) is 2.08. The second-order valence-corrected chi connectivity index (χ2v) is 8.78. The molecule has 0 aromatic heterocycles. The molecule has 0 fully saturated rings. The lowest BCUT2D eigenvalue weighted by molar-refractivity contribution is 0.621. The van der Waals surface area contributed by atoms with Gasteiger partial charge in [-0.05, 0) is 24.3 Å². The summed E-state index contributed by atoms with van der Waals surface area (Å²) in [4.78, 5) is 0. The number of hydrogen-bond donors (Lipinski definition) is 0. The molecule has 0 N–H and O–H groups in total. The fraction of sp³-hybridized carbons (Fsp3) is 0. The maximum Gasteiger partial charge on any atom is 0.204 e. The Kier molecular flexibility index (Phi) is 4.25. The van der Waals surface area contributed by atoms with Crippen molar-refractivity contribution in [2.24, 2.45) is 0 Å². The second kappa shape index (κ2) is 5.70. The van der Waals surface area contributed by atoms with Crippen molar-refractivity contribution in [1.82, 2.24) is 0 Å². The van der Waals surface area contributed by atoms with Gasteiger partial charge in [0.25, 0.3) is 0 Å². The van der Waals surface area contributed by atoms with E-state index in [1.165, 1.54) is 0 Å². The summed E-state index contributed by atoms with van der Waals surface area (Å²) in [6, 6.07) is 19.5. The zero-order valence-electron chi connectivity index (χ0n) is 8.42. The van der Waals surface area contributed by atoms with Gasteiger partial charge in [0.1, 0.15) is 0 Å². The van der Waals surface area contributed by atoms with Gasteiger partial charge in [0, 0.05) is 10.6 Å². The highest BCUT2D eigenvalue weighted by Gasteiger charge is 2.26. The van der Waals surface area contributed by atoms with Gasteiger partial charge in [0.2, 0.25) is 7.12 Å². The van der Waals surface area contributed by atoms with Gasteiger partial charge in [-0.3, -0.25) is 0 Å². The number of hydrogen-bond acceptors (Lipinski definition) is 1. The Balaban J connectivity index is 2.40. The van der Waals surface area contributed by atoms with Crippen molar-refractivity contribution in [1.29, 1.82) is 0 Å². The molecule has 0 saturated heterocycles. The molecule has 0 aliphatic heterocycles. The van der Waals surface area contributed by atoms with Gasteiger partial charge in [-0.2, -0.15) is 0 Å². The molecule has 0 amide bonds. The van der Waals surface area contributed by atoms with Gasteiger partial charge in [-0.1, -0.05) is 36.4 Å². The maximum atomic E-state index is 11.7. The molecule has 1 atom stereocenters. The summed E-state index contributed by atoms with van der Waals surface area (Å²) in [6.45, 7) is 0. The Bertz CT molecular complexity index is 396. The summed E-state index contributed by atoms with van der Waals surface area (Å²) < 4.78 is 11.7. The Hall–Kier alpha value is -0.530. The van der Waals surface area contributed by atoms with Crippen LogP contribution in [0.1, 0.15) is 0 Å². The third kappa shape index (κ3) is 2.78. The van der Waals surface area contributed by atoms with Gasteiger partial charge >= 0.3 is 0 Å². The molecule has 0 aliphatic rings. The molecule has 1 nitrogen and oxygen atoms in total. The summed E-state index contributed by atoms with van der Waals surface area (Å²) in [6.07, 6.45) is 0. The third-order valence-electron chi connectivity index (χ3n) is 2.12. The Morgan fingerprint density at radius 3 is 1.50 bits per heavy atom. The molecule has 1 unspecified atom stereocenters. The van der Waals surface area contributed by atoms with Crippen LogP contribution in [0.25, 0.3) is 0 Å². The molecule has 16 heavy (non-hydrogen) atoms. The van der Waals surface area contributed by atoms with E-state index in [-0.39, 0.29) is 0 Å². The molecule has 0 aliphatic carbocycles. The molecular weight excluding hydrogens is 259 g/mol. The highest BCUT2D eigenvalue weighted by molar-refractivity contribution is 8.64. The summed E-state index contributed by atoms with van der Waals surface area (Å²) >= 11 is 0. The fourth-order valence-electron chi connectivity index (χ4n) is 1.44. The fourth-order valence-corrected chi connectivity index (χ4v) is 6.12. The molecular formula is C12H10ClOPS. The molecule has 0 heterocycles. The highest BCUT2D eigenvalue weighted by Crippen LogP contribution is 2.43. The minimum Gasteiger partial charge on any atom is -0.597 e. The van der Waals surface area contributed by atoms with Crippen LogP contribution in [0.2, 0.25) is 0 Å². The number of halogens is 1. The van der Waals surface area contributed by atoms with E-state index >= 15 is 0 Å². The lowest BCUT2D eigenvalue weighted by Gasteiger charge is -2.14. The van der Waals surface area contributed by atoms with Crippen LogP contribution in [0.4, 0.5) is 0 Å². The van der Waals surface area contributed by atoms with Crippen molar-refractivity contribution in [3.63, 3.8) is 0 Å². The molecule has 0 saturated carbocycles. The molecule has 82 valence electrons. The summed E-state index contributed by atoms with van der Waals surface area (Å²) in [7, 11) is 3.47. The standard InChI is InChI=1S/C12H10ClOPS/c13-16(14)15(11-7-3-1-4-8-11)12-9-5-2-6-10-12/h1-10H. The van der Waals surface area contributed by atoms with Crippen LogP contribution in [-0.2, 0) is 10.0 Å². The van der Waals surface area contributed by atoms with E-state index in [0.717, 1.165) is 10.6 Å². The zero-order valence-corrected chi connectivity index (χ0v) is 10.9. The smallest absolute Gasteiger partial charge is 0.204 e. The van der Waals surface area contributed by atoms with Crippen LogP contribution in [0, 0.1) is 0 Å². The Morgan fingerprint density at radius 2 is 1.19 bits per heavy atom. The lowest BCUT2D eigenvalue weighted by Crippen LogP contribution is -2.15. The first kappa shape index (κ1) is 11.9. The first-order valence-corrected chi connectivity index (χ1v) is 8.69. The van der Waals surface area contributed by atoms with E-state index in [1.54, 1.807) is 0 Å². The Morgan fingerprint density at radius 1 is 0.812 bits per heavy atom. The van der Waals surface area contributed by atoms with E-state index < -0.39 is 17.1 Å². The average Bonchev–Trinajstić information content (AvgIpc) is 2.31. The van der Waals surface area contributed by atoms with Crippen LogP contribution in [0.3, 0.4) is 0 Å². The molecule has 2 rings (SSSR count). The van der Waals surface area contributed by atoms with Crippen LogP contribution in [0.5, 0.6) is 0 Å². The van der Waals surface area contributed by atoms with Crippen LogP contribution < -0.4 is 10.6 Å². The molecule has 2 aromatic rings. The normalized spacial score (nSPS) is 12.7. The minimum absolute atomic E-state index is 0.972. The minimum atomic E-state index is -1.37. The SMILES string of the molecule is [O-][S+](Cl)P(c1ccccc1)c1ccccc1. The summed E-state index contributed by atoms with van der Waals surface area (Å²) in [5.41, 5.74) is 0. The molecule has 0 radical (unpaired) electrons. The molecule has 0 spiro atoms. The molecule has 4 heteroatoms. The van der Waals surface area contributed by atoms with Gasteiger partial charge in [0.15, 0.2) is 10.7 Å².